The number of hydrogen-bond acceptors (Lipinski definition) is 5. The van der Waals surface area contributed by atoms with Crippen molar-refractivity contribution in [1.29, 1.82) is 0 Å². The van der Waals surface area contributed by atoms with Gasteiger partial charge in [-0.25, -0.2) is 9.59 Å². The molecule has 1 saturated carbocycles. The monoisotopic (exact) mass is 360 g/mol. The largest absolute Gasteiger partial charge is 0.497 e. The Morgan fingerprint density at radius 3 is 2.54 bits per heavy atom. The Balaban J connectivity index is 1.98. The van der Waals surface area contributed by atoms with E-state index in [1.807, 2.05) is 0 Å². The van der Waals surface area contributed by atoms with Crippen molar-refractivity contribution in [2.45, 2.75) is 44.8 Å². The molecule has 1 atom stereocenters. The van der Waals surface area contributed by atoms with Crippen molar-refractivity contribution >= 4 is 12.0 Å². The predicted molar refractivity (Wildman–Crippen MR) is 95.0 cm³/mol. The maximum absolute atomic E-state index is 12.9. The van der Waals surface area contributed by atoms with Crippen molar-refractivity contribution in [2.24, 2.45) is 0 Å². The van der Waals surface area contributed by atoms with E-state index >= 15 is 0 Å². The molecule has 0 radical (unpaired) electrons. The third kappa shape index (κ3) is 3.61. The molecule has 7 heteroatoms. The van der Waals surface area contributed by atoms with E-state index in [9.17, 15) is 9.59 Å². The van der Waals surface area contributed by atoms with Gasteiger partial charge in [0.05, 0.1) is 25.8 Å². The molecular weight excluding hydrogens is 336 g/mol. The minimum absolute atomic E-state index is 0.0618. The molecule has 0 spiro atoms. The molecule has 1 aliphatic heterocycles. The summed E-state index contributed by atoms with van der Waals surface area (Å²) in [5, 5.41) is 5.46. The molecule has 26 heavy (non-hydrogen) atoms. The fourth-order valence-electron chi connectivity index (χ4n) is 3.48. The van der Waals surface area contributed by atoms with Gasteiger partial charge in [0.15, 0.2) is 0 Å². The van der Waals surface area contributed by atoms with Crippen LogP contribution < -0.4 is 20.1 Å². The highest BCUT2D eigenvalue weighted by molar-refractivity contribution is 5.95. The predicted octanol–water partition coefficient (Wildman–Crippen LogP) is 2.82. The number of nitrogens with one attached hydrogen (secondary N) is 2. The van der Waals surface area contributed by atoms with Crippen molar-refractivity contribution < 1.29 is 23.8 Å². The zero-order valence-corrected chi connectivity index (χ0v) is 15.3. The van der Waals surface area contributed by atoms with Crippen molar-refractivity contribution in [3.8, 4) is 11.5 Å². The molecule has 1 aromatic carbocycles. The lowest BCUT2D eigenvalue weighted by atomic mass is 9.94. The maximum atomic E-state index is 12.9. The number of rotatable bonds is 5. The van der Waals surface area contributed by atoms with Crippen LogP contribution in [0.3, 0.4) is 0 Å². The highest BCUT2D eigenvalue weighted by atomic mass is 16.5. The van der Waals surface area contributed by atoms with Crippen LogP contribution in [0.1, 0.15) is 44.2 Å². The van der Waals surface area contributed by atoms with Gasteiger partial charge in [-0.1, -0.05) is 0 Å². The number of urea groups is 1. The maximum Gasteiger partial charge on any atom is 0.338 e. The summed E-state index contributed by atoms with van der Waals surface area (Å²) in [4.78, 5) is 24.9. The summed E-state index contributed by atoms with van der Waals surface area (Å²) in [6.07, 6.45) is 3.83. The first-order valence-corrected chi connectivity index (χ1v) is 8.74. The van der Waals surface area contributed by atoms with Gasteiger partial charge in [-0.2, -0.15) is 0 Å². The van der Waals surface area contributed by atoms with Gasteiger partial charge in [-0.3, -0.25) is 0 Å². The number of carbonyl (C=O) groups is 2. The second-order valence-corrected chi connectivity index (χ2v) is 6.49. The van der Waals surface area contributed by atoms with Gasteiger partial charge < -0.3 is 24.8 Å². The molecule has 7 nitrogen and oxygen atoms in total. The van der Waals surface area contributed by atoms with Crippen LogP contribution in [-0.4, -0.2) is 32.3 Å². The van der Waals surface area contributed by atoms with E-state index in [2.05, 4.69) is 10.6 Å². The first-order valence-electron chi connectivity index (χ1n) is 8.74. The average Bonchev–Trinajstić information content (AvgIpc) is 3.13. The normalized spacial score (nSPS) is 20.4. The Morgan fingerprint density at radius 1 is 1.15 bits per heavy atom. The number of carbonyl (C=O) groups excluding carboxylic acids is 2. The van der Waals surface area contributed by atoms with Crippen LogP contribution in [0.25, 0.3) is 0 Å². The van der Waals surface area contributed by atoms with Gasteiger partial charge in [0.2, 0.25) is 0 Å². The lowest BCUT2D eigenvalue weighted by Crippen LogP contribution is -2.45. The van der Waals surface area contributed by atoms with Crippen molar-refractivity contribution in [3.05, 3.63) is 35.0 Å². The number of methoxy groups -OCH3 is 2. The van der Waals surface area contributed by atoms with Crippen LogP contribution in [-0.2, 0) is 9.53 Å². The number of hydrogen-bond donors (Lipinski definition) is 2. The highest BCUT2D eigenvalue weighted by Gasteiger charge is 2.35. The topological polar surface area (TPSA) is 85.9 Å². The second kappa shape index (κ2) is 7.68. The highest BCUT2D eigenvalue weighted by Crippen LogP contribution is 2.36. The van der Waals surface area contributed by atoms with E-state index in [1.165, 1.54) is 0 Å². The molecule has 0 saturated heterocycles. The van der Waals surface area contributed by atoms with Crippen molar-refractivity contribution in [2.75, 3.05) is 14.2 Å². The summed E-state index contributed by atoms with van der Waals surface area (Å²) in [7, 11) is 3.10. The van der Waals surface area contributed by atoms with Gasteiger partial charge in [0, 0.05) is 11.3 Å². The zero-order valence-electron chi connectivity index (χ0n) is 15.3. The number of benzene rings is 1. The van der Waals surface area contributed by atoms with Crippen LogP contribution >= 0.6 is 0 Å². The summed E-state index contributed by atoms with van der Waals surface area (Å²) in [5.41, 5.74) is 1.49. The molecule has 1 fully saturated rings. The first-order chi connectivity index (χ1) is 12.5. The van der Waals surface area contributed by atoms with Crippen LogP contribution in [0.2, 0.25) is 0 Å². The summed E-state index contributed by atoms with van der Waals surface area (Å²) in [5.74, 6) is 0.739. The Bertz CT molecular complexity index is 737. The third-order valence-electron chi connectivity index (χ3n) is 4.81. The van der Waals surface area contributed by atoms with Gasteiger partial charge in [-0.05, 0) is 50.8 Å². The van der Waals surface area contributed by atoms with E-state index in [1.54, 1.807) is 39.3 Å². The summed E-state index contributed by atoms with van der Waals surface area (Å²) < 4.78 is 16.4. The quantitative estimate of drug-likeness (QED) is 0.789. The number of amides is 2. The number of allylic oxidation sites excluding steroid dienone is 1. The molecule has 2 aliphatic rings. The van der Waals surface area contributed by atoms with Crippen LogP contribution in [0.4, 0.5) is 4.79 Å². The molecule has 2 amide bonds. The fourth-order valence-corrected chi connectivity index (χ4v) is 3.48. The van der Waals surface area contributed by atoms with Crippen molar-refractivity contribution in [3.63, 3.8) is 0 Å². The Labute approximate surface area is 152 Å². The van der Waals surface area contributed by atoms with Crippen LogP contribution in [0, 0.1) is 0 Å². The smallest absolute Gasteiger partial charge is 0.338 e. The molecular formula is C19H24N2O5. The van der Waals surface area contributed by atoms with E-state index in [-0.39, 0.29) is 12.1 Å². The molecule has 1 aromatic rings. The first kappa shape index (κ1) is 18.1. The average molecular weight is 360 g/mol. The van der Waals surface area contributed by atoms with E-state index in [4.69, 9.17) is 14.2 Å². The SMILES string of the molecule is COc1ccc(OC)c([C@H]2NC(=O)NC(C)=C2C(=O)OC2CCCC2)c1. The van der Waals surface area contributed by atoms with Gasteiger partial charge in [0.1, 0.15) is 17.6 Å². The molecule has 2 N–H and O–H groups in total. The minimum atomic E-state index is -0.678. The lowest BCUT2D eigenvalue weighted by Gasteiger charge is -2.29. The number of esters is 1. The zero-order chi connectivity index (χ0) is 18.7. The van der Waals surface area contributed by atoms with Gasteiger partial charge in [-0.15, -0.1) is 0 Å². The van der Waals surface area contributed by atoms with Crippen LogP contribution in [0.5, 0.6) is 11.5 Å². The fraction of sp³-hybridized carbons (Fsp3) is 0.474. The minimum Gasteiger partial charge on any atom is -0.497 e. The molecule has 3 rings (SSSR count). The third-order valence-corrected chi connectivity index (χ3v) is 4.81. The molecule has 1 heterocycles. The molecule has 1 aliphatic carbocycles. The molecule has 0 unspecified atom stereocenters. The molecule has 0 aromatic heterocycles. The van der Waals surface area contributed by atoms with E-state index in [0.717, 1.165) is 25.7 Å². The molecule has 140 valence electrons. The number of ether oxygens (including phenoxy) is 3. The van der Waals surface area contributed by atoms with E-state index < -0.39 is 12.0 Å². The summed E-state index contributed by atoms with van der Waals surface area (Å²) in [6.45, 7) is 1.70. The van der Waals surface area contributed by atoms with Gasteiger partial charge in [0.25, 0.3) is 0 Å². The van der Waals surface area contributed by atoms with E-state index in [0.29, 0.717) is 28.3 Å². The van der Waals surface area contributed by atoms with Gasteiger partial charge >= 0.3 is 12.0 Å². The summed E-state index contributed by atoms with van der Waals surface area (Å²) in [6, 6.07) is 4.21. The summed E-state index contributed by atoms with van der Waals surface area (Å²) >= 11 is 0. The Morgan fingerprint density at radius 2 is 1.88 bits per heavy atom. The Hall–Kier alpha value is -2.70. The molecule has 0 bridgehead atoms. The Kier molecular flexibility index (Phi) is 5.35. The van der Waals surface area contributed by atoms with Crippen LogP contribution in [0.15, 0.2) is 29.5 Å². The van der Waals surface area contributed by atoms with Crippen molar-refractivity contribution in [1.82, 2.24) is 10.6 Å². The standard InChI is InChI=1S/C19H24N2O5/c1-11-16(18(22)26-12-6-4-5-7-12)17(21-19(23)20-11)14-10-13(24-2)8-9-15(14)25-3/h8-10,12,17H,4-7H2,1-3H3,(H2,20,21,23)/t17-/m1/s1. The lowest BCUT2D eigenvalue weighted by molar-refractivity contribution is -0.144. The second-order valence-electron chi connectivity index (χ2n) is 6.49.